The third-order valence-corrected chi connectivity index (χ3v) is 3.91. The van der Waals surface area contributed by atoms with E-state index in [9.17, 15) is 18.5 Å². The van der Waals surface area contributed by atoms with Crippen LogP contribution in [-0.2, 0) is 9.84 Å². The molecule has 1 rings (SSSR count). The largest absolute Gasteiger partial charge is 0.380 e. The van der Waals surface area contributed by atoms with Gasteiger partial charge in [-0.3, -0.25) is 10.1 Å². The smallest absolute Gasteiger partial charge is 0.271 e. The summed E-state index contributed by atoms with van der Waals surface area (Å²) in [5, 5.41) is 13.6. The van der Waals surface area contributed by atoms with Crippen LogP contribution in [0, 0.1) is 10.1 Å². The lowest BCUT2D eigenvalue weighted by atomic mass is 10.2. The molecule has 0 bridgehead atoms. The van der Waals surface area contributed by atoms with Gasteiger partial charge in [0.1, 0.15) is 9.84 Å². The molecule has 1 N–H and O–H groups in total. The summed E-state index contributed by atoms with van der Waals surface area (Å²) in [5.41, 5.74) is 0.451. The number of sulfone groups is 1. The number of nitro benzene ring substituents is 1. The van der Waals surface area contributed by atoms with Crippen LogP contribution in [0.2, 0.25) is 0 Å². The van der Waals surface area contributed by atoms with Crippen LogP contribution >= 0.6 is 15.9 Å². The Balaban J connectivity index is 2.90. The fourth-order valence-electron chi connectivity index (χ4n) is 1.50. The lowest BCUT2D eigenvalue weighted by Gasteiger charge is -2.15. The van der Waals surface area contributed by atoms with Crippen molar-refractivity contribution in [2.24, 2.45) is 0 Å². The maximum Gasteiger partial charge on any atom is 0.271 e. The van der Waals surface area contributed by atoms with E-state index in [1.165, 1.54) is 12.1 Å². The predicted octanol–water partition coefficient (Wildman–Crippen LogP) is 2.20. The standard InChI is InChI=1S/C10H13BrN2O4S/c1-7(6-18(2,16)17)12-10-5-8(13(14)15)3-4-9(10)11/h3-5,7,12H,6H2,1-2H3. The summed E-state index contributed by atoms with van der Waals surface area (Å²) in [6.07, 6.45) is 1.15. The summed E-state index contributed by atoms with van der Waals surface area (Å²) in [5.74, 6) is -0.0396. The van der Waals surface area contributed by atoms with Crippen LogP contribution < -0.4 is 5.32 Å². The third kappa shape index (κ3) is 4.61. The van der Waals surface area contributed by atoms with Crippen molar-refractivity contribution in [1.29, 1.82) is 0 Å². The van der Waals surface area contributed by atoms with Gasteiger partial charge in [-0.05, 0) is 28.9 Å². The van der Waals surface area contributed by atoms with Gasteiger partial charge in [0.05, 0.1) is 16.4 Å². The minimum Gasteiger partial charge on any atom is -0.380 e. The molecule has 6 nitrogen and oxygen atoms in total. The summed E-state index contributed by atoms with van der Waals surface area (Å²) >= 11 is 3.25. The number of nitrogens with one attached hydrogen (secondary N) is 1. The molecule has 0 saturated carbocycles. The summed E-state index contributed by atoms with van der Waals surface area (Å²) in [4.78, 5) is 10.1. The fraction of sp³-hybridized carbons (Fsp3) is 0.400. The minimum atomic E-state index is -3.09. The average molecular weight is 337 g/mol. The van der Waals surface area contributed by atoms with Crippen molar-refractivity contribution < 1.29 is 13.3 Å². The summed E-state index contributed by atoms with van der Waals surface area (Å²) < 4.78 is 22.9. The van der Waals surface area contributed by atoms with E-state index < -0.39 is 14.8 Å². The van der Waals surface area contributed by atoms with Crippen molar-refractivity contribution in [2.75, 3.05) is 17.3 Å². The first kappa shape index (κ1) is 14.9. The molecular weight excluding hydrogens is 324 g/mol. The zero-order valence-corrected chi connectivity index (χ0v) is 12.3. The van der Waals surface area contributed by atoms with Crippen LogP contribution in [0.4, 0.5) is 11.4 Å². The molecule has 100 valence electrons. The number of non-ortho nitro benzene ring substituents is 1. The molecule has 0 radical (unpaired) electrons. The van der Waals surface area contributed by atoms with E-state index in [1.807, 2.05) is 0 Å². The lowest BCUT2D eigenvalue weighted by Crippen LogP contribution is -2.25. The Bertz CT molecular complexity index is 559. The first-order valence-electron chi connectivity index (χ1n) is 5.07. The fourth-order valence-corrected chi connectivity index (χ4v) is 2.85. The number of benzene rings is 1. The van der Waals surface area contributed by atoms with Crippen LogP contribution in [0.1, 0.15) is 6.92 Å². The van der Waals surface area contributed by atoms with Gasteiger partial charge in [0.25, 0.3) is 5.69 Å². The molecule has 1 unspecified atom stereocenters. The second kappa shape index (κ2) is 5.66. The minimum absolute atomic E-state index is 0.0396. The number of halogens is 1. The monoisotopic (exact) mass is 336 g/mol. The summed E-state index contributed by atoms with van der Waals surface area (Å²) in [6.45, 7) is 1.70. The van der Waals surface area contributed by atoms with Crippen molar-refractivity contribution in [3.05, 3.63) is 32.8 Å². The number of anilines is 1. The van der Waals surface area contributed by atoms with Crippen LogP contribution in [0.25, 0.3) is 0 Å². The molecule has 0 aromatic heterocycles. The van der Waals surface area contributed by atoms with E-state index in [2.05, 4.69) is 21.2 Å². The zero-order chi connectivity index (χ0) is 13.9. The third-order valence-electron chi connectivity index (χ3n) is 2.12. The Morgan fingerprint density at radius 3 is 2.61 bits per heavy atom. The number of hydrogen-bond donors (Lipinski definition) is 1. The van der Waals surface area contributed by atoms with Gasteiger partial charge in [-0.15, -0.1) is 0 Å². The molecule has 18 heavy (non-hydrogen) atoms. The van der Waals surface area contributed by atoms with Crippen molar-refractivity contribution in [3.63, 3.8) is 0 Å². The number of nitrogens with zero attached hydrogens (tertiary/aromatic N) is 1. The van der Waals surface area contributed by atoms with Crippen molar-refractivity contribution in [2.45, 2.75) is 13.0 Å². The predicted molar refractivity (Wildman–Crippen MR) is 73.6 cm³/mol. The van der Waals surface area contributed by atoms with Gasteiger partial charge < -0.3 is 5.32 Å². The molecule has 0 spiro atoms. The van der Waals surface area contributed by atoms with Gasteiger partial charge in [-0.2, -0.15) is 0 Å². The van der Waals surface area contributed by atoms with E-state index in [0.29, 0.717) is 10.2 Å². The average Bonchev–Trinajstić information content (AvgIpc) is 2.18. The number of hydrogen-bond acceptors (Lipinski definition) is 5. The molecular formula is C10H13BrN2O4S. The molecule has 1 atom stereocenters. The highest BCUT2D eigenvalue weighted by Gasteiger charge is 2.14. The van der Waals surface area contributed by atoms with Crippen LogP contribution in [0.5, 0.6) is 0 Å². The van der Waals surface area contributed by atoms with Gasteiger partial charge in [0, 0.05) is 28.9 Å². The molecule has 0 amide bonds. The molecule has 0 aliphatic rings. The van der Waals surface area contributed by atoms with Crippen LogP contribution in [0.15, 0.2) is 22.7 Å². The van der Waals surface area contributed by atoms with E-state index >= 15 is 0 Å². The van der Waals surface area contributed by atoms with Gasteiger partial charge >= 0.3 is 0 Å². The van der Waals surface area contributed by atoms with Gasteiger partial charge in [-0.25, -0.2) is 8.42 Å². The van der Waals surface area contributed by atoms with E-state index in [-0.39, 0.29) is 17.5 Å². The maximum atomic E-state index is 11.1. The molecule has 0 aliphatic carbocycles. The highest BCUT2D eigenvalue weighted by atomic mass is 79.9. The second-order valence-corrected chi connectivity index (χ2v) is 7.10. The Labute approximate surface area is 114 Å². The first-order valence-corrected chi connectivity index (χ1v) is 7.92. The van der Waals surface area contributed by atoms with Gasteiger partial charge in [0.2, 0.25) is 0 Å². The summed E-state index contributed by atoms with van der Waals surface area (Å²) in [6, 6.07) is 3.95. The molecule has 1 aromatic rings. The van der Waals surface area contributed by atoms with Crippen molar-refractivity contribution >= 4 is 37.1 Å². The molecule has 1 aromatic carbocycles. The number of nitro groups is 1. The van der Waals surface area contributed by atoms with Crippen molar-refractivity contribution in [1.82, 2.24) is 0 Å². The molecule has 8 heteroatoms. The van der Waals surface area contributed by atoms with Gasteiger partial charge in [0.15, 0.2) is 0 Å². The highest BCUT2D eigenvalue weighted by Crippen LogP contribution is 2.27. The molecule has 0 aliphatic heterocycles. The van der Waals surface area contributed by atoms with E-state index in [4.69, 9.17) is 0 Å². The SMILES string of the molecule is CC(CS(C)(=O)=O)Nc1cc([N+](=O)[O-])ccc1Br. The highest BCUT2D eigenvalue weighted by molar-refractivity contribution is 9.10. The maximum absolute atomic E-state index is 11.1. The lowest BCUT2D eigenvalue weighted by molar-refractivity contribution is -0.384. The Morgan fingerprint density at radius 1 is 1.50 bits per heavy atom. The first-order chi connectivity index (χ1) is 8.19. The second-order valence-electron chi connectivity index (χ2n) is 4.06. The molecule has 0 heterocycles. The Morgan fingerprint density at radius 2 is 2.11 bits per heavy atom. The Kier molecular flexibility index (Phi) is 4.69. The van der Waals surface area contributed by atoms with Gasteiger partial charge in [-0.1, -0.05) is 0 Å². The summed E-state index contributed by atoms with van der Waals surface area (Å²) in [7, 11) is -3.09. The Hall–Kier alpha value is -1.15. The number of rotatable bonds is 5. The molecule has 0 saturated heterocycles. The molecule has 0 fully saturated rings. The van der Waals surface area contributed by atoms with E-state index in [1.54, 1.807) is 13.0 Å². The normalized spacial score (nSPS) is 13.1. The van der Waals surface area contributed by atoms with E-state index in [0.717, 1.165) is 6.26 Å². The topological polar surface area (TPSA) is 89.3 Å². The van der Waals surface area contributed by atoms with Crippen LogP contribution in [0.3, 0.4) is 0 Å². The zero-order valence-electron chi connectivity index (χ0n) is 9.88. The quantitative estimate of drug-likeness (QED) is 0.657. The van der Waals surface area contributed by atoms with Crippen molar-refractivity contribution in [3.8, 4) is 0 Å². The van der Waals surface area contributed by atoms with Crippen LogP contribution in [-0.4, -0.2) is 31.4 Å².